The average molecular weight is 272 g/mol. The van der Waals surface area contributed by atoms with Crippen LogP contribution in [0.5, 0.6) is 0 Å². The topological polar surface area (TPSA) is 54.2 Å². The normalized spacial score (nSPS) is 38.0. The fourth-order valence-corrected chi connectivity index (χ4v) is 5.39. The highest BCUT2D eigenvalue weighted by atomic mass is 15.2. The molecule has 1 aromatic rings. The number of hydrogen-bond acceptors (Lipinski definition) is 4. The Morgan fingerprint density at radius 2 is 1.75 bits per heavy atom. The Kier molecular flexibility index (Phi) is 2.71. The lowest BCUT2D eigenvalue weighted by molar-refractivity contribution is -0.00228. The molecule has 4 nitrogen and oxygen atoms in total. The first-order valence-corrected chi connectivity index (χ1v) is 7.85. The van der Waals surface area contributed by atoms with Gasteiger partial charge in [0.2, 0.25) is 0 Å². The minimum Gasteiger partial charge on any atom is -0.354 e. The molecule has 3 N–H and O–H groups in total. The zero-order chi connectivity index (χ0) is 13.7. The van der Waals surface area contributed by atoms with Crippen molar-refractivity contribution in [1.29, 1.82) is 0 Å². The van der Waals surface area contributed by atoms with Crippen LogP contribution < -0.4 is 16.2 Å². The van der Waals surface area contributed by atoms with E-state index in [4.69, 9.17) is 5.84 Å². The molecule has 0 radical (unpaired) electrons. The molecule has 0 saturated heterocycles. The molecule has 4 aliphatic rings. The SMILES string of the molecule is CN(c1ccc(NN)cn1)C12CC3CC(CC(C3)C1)C2. The summed E-state index contributed by atoms with van der Waals surface area (Å²) >= 11 is 0. The van der Waals surface area contributed by atoms with E-state index in [9.17, 15) is 0 Å². The van der Waals surface area contributed by atoms with Gasteiger partial charge in [-0.1, -0.05) is 0 Å². The molecule has 4 saturated carbocycles. The lowest BCUT2D eigenvalue weighted by Gasteiger charge is -2.60. The van der Waals surface area contributed by atoms with Gasteiger partial charge in [-0.15, -0.1) is 0 Å². The van der Waals surface area contributed by atoms with Crippen LogP contribution in [0.1, 0.15) is 38.5 Å². The van der Waals surface area contributed by atoms with Gasteiger partial charge in [0.05, 0.1) is 11.9 Å². The molecule has 5 rings (SSSR count). The molecule has 0 aromatic carbocycles. The van der Waals surface area contributed by atoms with E-state index in [1.807, 2.05) is 12.3 Å². The number of rotatable bonds is 3. The number of pyridine rings is 1. The van der Waals surface area contributed by atoms with Crippen LogP contribution in [0.25, 0.3) is 0 Å². The van der Waals surface area contributed by atoms with Crippen LogP contribution in [0, 0.1) is 17.8 Å². The highest BCUT2D eigenvalue weighted by Crippen LogP contribution is 2.57. The molecule has 1 heterocycles. The van der Waals surface area contributed by atoms with E-state index in [-0.39, 0.29) is 0 Å². The standard InChI is InChI=1S/C16H24N4/c1-20(15-3-2-14(19-17)10-18-15)16-7-11-4-12(8-16)6-13(5-11)9-16/h2-3,10-13,19H,4-9,17H2,1H3. The summed E-state index contributed by atoms with van der Waals surface area (Å²) < 4.78 is 0. The van der Waals surface area contributed by atoms with Crippen molar-refractivity contribution in [3.8, 4) is 0 Å². The van der Waals surface area contributed by atoms with E-state index >= 15 is 0 Å². The number of nitrogens with zero attached hydrogens (tertiary/aromatic N) is 2. The third kappa shape index (κ3) is 1.81. The molecule has 0 atom stereocenters. The lowest BCUT2D eigenvalue weighted by atomic mass is 9.52. The van der Waals surface area contributed by atoms with E-state index in [1.165, 1.54) is 38.5 Å². The van der Waals surface area contributed by atoms with Gasteiger partial charge in [0.15, 0.2) is 0 Å². The zero-order valence-corrected chi connectivity index (χ0v) is 12.2. The van der Waals surface area contributed by atoms with Crippen molar-refractivity contribution in [1.82, 2.24) is 4.98 Å². The van der Waals surface area contributed by atoms with Gasteiger partial charge in [0.1, 0.15) is 5.82 Å². The minimum absolute atomic E-state index is 0.374. The maximum absolute atomic E-state index is 5.42. The molecule has 4 fully saturated rings. The molecule has 0 spiro atoms. The van der Waals surface area contributed by atoms with E-state index in [0.717, 1.165) is 29.3 Å². The van der Waals surface area contributed by atoms with Gasteiger partial charge in [0.25, 0.3) is 0 Å². The molecule has 108 valence electrons. The predicted octanol–water partition coefficient (Wildman–Crippen LogP) is 2.77. The fourth-order valence-electron chi connectivity index (χ4n) is 5.39. The van der Waals surface area contributed by atoms with E-state index in [0.29, 0.717) is 5.54 Å². The summed E-state index contributed by atoms with van der Waals surface area (Å²) in [5, 5.41) is 0. The van der Waals surface area contributed by atoms with Crippen molar-refractivity contribution in [3.63, 3.8) is 0 Å². The third-order valence-corrected chi connectivity index (χ3v) is 5.98. The van der Waals surface area contributed by atoms with Gasteiger partial charge in [-0.2, -0.15) is 0 Å². The summed E-state index contributed by atoms with van der Waals surface area (Å²) in [6.45, 7) is 0. The predicted molar refractivity (Wildman–Crippen MR) is 81.4 cm³/mol. The van der Waals surface area contributed by atoms with Crippen LogP contribution in [0.15, 0.2) is 18.3 Å². The number of anilines is 2. The van der Waals surface area contributed by atoms with Crippen molar-refractivity contribution in [3.05, 3.63) is 18.3 Å². The van der Waals surface area contributed by atoms with Gasteiger partial charge in [-0.25, -0.2) is 4.98 Å². The summed E-state index contributed by atoms with van der Waals surface area (Å²) in [7, 11) is 2.24. The Balaban J connectivity index is 1.62. The molecule has 0 unspecified atom stereocenters. The highest BCUT2D eigenvalue weighted by molar-refractivity contribution is 5.49. The molecule has 4 bridgehead atoms. The van der Waals surface area contributed by atoms with Crippen molar-refractivity contribution >= 4 is 11.5 Å². The first kappa shape index (κ1) is 12.5. The quantitative estimate of drug-likeness (QED) is 0.656. The summed E-state index contributed by atoms with van der Waals surface area (Å²) in [6.07, 6.45) is 10.4. The second kappa shape index (κ2) is 4.35. The summed E-state index contributed by atoms with van der Waals surface area (Å²) in [4.78, 5) is 7.06. The van der Waals surface area contributed by atoms with Crippen molar-refractivity contribution in [2.75, 3.05) is 17.4 Å². The smallest absolute Gasteiger partial charge is 0.128 e. The van der Waals surface area contributed by atoms with Gasteiger partial charge >= 0.3 is 0 Å². The van der Waals surface area contributed by atoms with Crippen LogP contribution in [0.2, 0.25) is 0 Å². The van der Waals surface area contributed by atoms with Gasteiger partial charge in [-0.05, 0) is 68.4 Å². The number of nitrogens with one attached hydrogen (secondary N) is 1. The molecule has 0 amide bonds. The fraction of sp³-hybridized carbons (Fsp3) is 0.688. The molecule has 4 heteroatoms. The van der Waals surface area contributed by atoms with Crippen LogP contribution in [0.4, 0.5) is 11.5 Å². The zero-order valence-electron chi connectivity index (χ0n) is 12.2. The first-order chi connectivity index (χ1) is 9.68. The monoisotopic (exact) mass is 272 g/mol. The van der Waals surface area contributed by atoms with Crippen LogP contribution >= 0.6 is 0 Å². The molecule has 0 aliphatic heterocycles. The van der Waals surface area contributed by atoms with Crippen LogP contribution in [-0.2, 0) is 0 Å². The molecule has 1 aromatic heterocycles. The van der Waals surface area contributed by atoms with Gasteiger partial charge in [-0.3, -0.25) is 5.84 Å². The Labute approximate surface area is 120 Å². The summed E-state index contributed by atoms with van der Waals surface area (Å²) in [5.41, 5.74) is 3.89. The minimum atomic E-state index is 0.374. The first-order valence-electron chi connectivity index (χ1n) is 7.85. The third-order valence-electron chi connectivity index (χ3n) is 5.98. The van der Waals surface area contributed by atoms with Gasteiger partial charge < -0.3 is 10.3 Å². The van der Waals surface area contributed by atoms with E-state index < -0.39 is 0 Å². The largest absolute Gasteiger partial charge is 0.354 e. The number of nitrogen functional groups attached to an aromatic ring is 1. The summed E-state index contributed by atoms with van der Waals surface area (Å²) in [5.74, 6) is 9.41. The number of aromatic nitrogens is 1. The number of hydrogen-bond donors (Lipinski definition) is 2. The molecular weight excluding hydrogens is 248 g/mol. The second-order valence-electron chi connectivity index (χ2n) is 7.25. The van der Waals surface area contributed by atoms with Crippen LogP contribution in [0.3, 0.4) is 0 Å². The molecule has 20 heavy (non-hydrogen) atoms. The second-order valence-corrected chi connectivity index (χ2v) is 7.25. The van der Waals surface area contributed by atoms with Crippen molar-refractivity contribution < 1.29 is 0 Å². The van der Waals surface area contributed by atoms with E-state index in [2.05, 4.69) is 28.4 Å². The highest BCUT2D eigenvalue weighted by Gasteiger charge is 2.53. The average Bonchev–Trinajstić information content (AvgIpc) is 2.45. The van der Waals surface area contributed by atoms with Crippen molar-refractivity contribution in [2.45, 2.75) is 44.1 Å². The van der Waals surface area contributed by atoms with Crippen molar-refractivity contribution in [2.24, 2.45) is 23.6 Å². The maximum Gasteiger partial charge on any atom is 0.128 e. The number of hydrazine groups is 1. The van der Waals surface area contributed by atoms with Gasteiger partial charge in [0, 0.05) is 12.6 Å². The van der Waals surface area contributed by atoms with E-state index in [1.54, 1.807) is 0 Å². The van der Waals surface area contributed by atoms with Crippen LogP contribution in [-0.4, -0.2) is 17.6 Å². The Morgan fingerprint density at radius 3 is 2.20 bits per heavy atom. The summed E-state index contributed by atoms with van der Waals surface area (Å²) in [6, 6.07) is 4.10. The lowest BCUT2D eigenvalue weighted by Crippen LogP contribution is -2.59. The maximum atomic E-state index is 5.42. The number of nitrogens with two attached hydrogens (primary N) is 1. The Hall–Kier alpha value is -1.29. The Bertz CT molecular complexity index is 460. The Morgan fingerprint density at radius 1 is 1.15 bits per heavy atom. The molecule has 4 aliphatic carbocycles. The molecular formula is C16H24N4.